The van der Waals surface area contributed by atoms with E-state index in [1.54, 1.807) is 12.1 Å². The van der Waals surface area contributed by atoms with Crippen molar-refractivity contribution in [1.29, 1.82) is 0 Å². The fraction of sp³-hybridized carbons (Fsp3) is 0. The highest BCUT2D eigenvalue weighted by molar-refractivity contribution is 7.08. The Bertz CT molecular complexity index is 878. The molecule has 0 unspecified atom stereocenters. The molecule has 1 aromatic heterocycles. The number of nitrogens with zero attached hydrogens (tertiary/aromatic N) is 2. The highest BCUT2D eigenvalue weighted by Gasteiger charge is 2.32. The van der Waals surface area contributed by atoms with Crippen LogP contribution in [0.4, 0.5) is 0 Å². The van der Waals surface area contributed by atoms with Crippen molar-refractivity contribution in [3.05, 3.63) is 69.9 Å². The predicted octanol–water partition coefficient (Wildman–Crippen LogP) is 3.53. The smallest absolute Gasteiger partial charge is 0.267 e. The van der Waals surface area contributed by atoms with Gasteiger partial charge in [-0.1, -0.05) is 24.3 Å². The van der Waals surface area contributed by atoms with Crippen LogP contribution in [-0.4, -0.2) is 23.0 Å². The zero-order valence-electron chi connectivity index (χ0n) is 11.4. The second-order valence-electron chi connectivity index (χ2n) is 4.93. The highest BCUT2D eigenvalue weighted by Crippen LogP contribution is 2.29. The molecular weight excluding hydrogens is 296 g/mol. The number of amides is 2. The first-order valence-corrected chi connectivity index (χ1v) is 7.67. The maximum Gasteiger partial charge on any atom is 0.282 e. The first-order chi connectivity index (χ1) is 10.8. The van der Waals surface area contributed by atoms with Crippen LogP contribution in [0.3, 0.4) is 0 Å². The van der Waals surface area contributed by atoms with Gasteiger partial charge in [0, 0.05) is 10.9 Å². The lowest BCUT2D eigenvalue weighted by Gasteiger charge is -2.22. The van der Waals surface area contributed by atoms with E-state index in [1.807, 2.05) is 41.1 Å². The molecular formula is C17H10N2O2S. The third kappa shape index (κ3) is 1.87. The highest BCUT2D eigenvalue weighted by atomic mass is 32.1. The van der Waals surface area contributed by atoms with Crippen molar-refractivity contribution in [1.82, 2.24) is 5.01 Å². The average molecular weight is 306 g/mol. The minimum absolute atomic E-state index is 0.388. The monoisotopic (exact) mass is 306 g/mol. The number of benzene rings is 2. The van der Waals surface area contributed by atoms with Crippen LogP contribution in [0, 0.1) is 0 Å². The molecule has 4 nitrogen and oxygen atoms in total. The molecule has 0 saturated carbocycles. The maximum atomic E-state index is 12.6. The zero-order valence-corrected chi connectivity index (χ0v) is 12.2. The number of carbonyl (C=O) groups excluding carboxylic acids is 2. The Morgan fingerprint density at radius 3 is 2.23 bits per heavy atom. The molecule has 0 saturated heterocycles. The quantitative estimate of drug-likeness (QED) is 0.537. The molecule has 106 valence electrons. The summed E-state index contributed by atoms with van der Waals surface area (Å²) in [5.74, 6) is -0.776. The Hall–Kier alpha value is -2.79. The third-order valence-corrected chi connectivity index (χ3v) is 4.32. The summed E-state index contributed by atoms with van der Waals surface area (Å²) < 4.78 is 0. The fourth-order valence-electron chi connectivity index (χ4n) is 2.60. The van der Waals surface area contributed by atoms with Crippen LogP contribution in [0.2, 0.25) is 0 Å². The molecule has 1 aliphatic rings. The van der Waals surface area contributed by atoms with Crippen LogP contribution in [0.1, 0.15) is 26.3 Å². The molecule has 2 aromatic carbocycles. The van der Waals surface area contributed by atoms with E-state index in [2.05, 4.69) is 5.10 Å². The van der Waals surface area contributed by atoms with Crippen LogP contribution in [-0.2, 0) is 0 Å². The Morgan fingerprint density at radius 1 is 0.955 bits per heavy atom. The first-order valence-electron chi connectivity index (χ1n) is 6.72. The summed E-state index contributed by atoms with van der Waals surface area (Å²) in [6.07, 6.45) is 1.53. The minimum atomic E-state index is -0.388. The molecule has 0 atom stereocenters. The van der Waals surface area contributed by atoms with E-state index in [1.165, 1.54) is 17.6 Å². The van der Waals surface area contributed by atoms with E-state index in [9.17, 15) is 9.59 Å². The van der Waals surface area contributed by atoms with Gasteiger partial charge in [0.15, 0.2) is 0 Å². The van der Waals surface area contributed by atoms with Gasteiger partial charge in [0.2, 0.25) is 0 Å². The summed E-state index contributed by atoms with van der Waals surface area (Å²) in [4.78, 5) is 25.1. The van der Waals surface area contributed by atoms with Gasteiger partial charge in [0.25, 0.3) is 11.8 Å². The van der Waals surface area contributed by atoms with E-state index in [0.29, 0.717) is 16.5 Å². The molecule has 0 fully saturated rings. The Morgan fingerprint density at radius 2 is 1.64 bits per heavy atom. The summed E-state index contributed by atoms with van der Waals surface area (Å²) in [5.41, 5.74) is 1.88. The number of hydrogen-bond acceptors (Lipinski definition) is 4. The number of imide groups is 1. The van der Waals surface area contributed by atoms with Gasteiger partial charge in [-0.3, -0.25) is 9.59 Å². The van der Waals surface area contributed by atoms with E-state index in [4.69, 9.17) is 0 Å². The molecule has 22 heavy (non-hydrogen) atoms. The van der Waals surface area contributed by atoms with Gasteiger partial charge >= 0.3 is 0 Å². The first kappa shape index (κ1) is 12.9. The normalized spacial score (nSPS) is 14.3. The van der Waals surface area contributed by atoms with E-state index < -0.39 is 0 Å². The molecule has 1 aliphatic heterocycles. The van der Waals surface area contributed by atoms with E-state index >= 15 is 0 Å². The van der Waals surface area contributed by atoms with Crippen LogP contribution >= 0.6 is 11.3 Å². The standard InChI is InChI=1S/C17H10N2O2S/c20-16-13-5-1-3-12-4-2-6-14(15(12)13)17(21)19(16)18-9-11-7-8-22-10-11/h1-10H/b18-9-. The largest absolute Gasteiger partial charge is 0.282 e. The summed E-state index contributed by atoms with van der Waals surface area (Å²) >= 11 is 1.53. The van der Waals surface area contributed by atoms with Crippen molar-refractivity contribution in [3.63, 3.8) is 0 Å². The predicted molar refractivity (Wildman–Crippen MR) is 86.4 cm³/mol. The molecule has 0 bridgehead atoms. The van der Waals surface area contributed by atoms with Gasteiger partial charge in [-0.15, -0.1) is 0 Å². The fourth-order valence-corrected chi connectivity index (χ4v) is 3.21. The maximum absolute atomic E-state index is 12.6. The summed E-state index contributed by atoms with van der Waals surface area (Å²) in [6, 6.07) is 12.8. The van der Waals surface area contributed by atoms with Gasteiger partial charge in [-0.25, -0.2) is 0 Å². The van der Waals surface area contributed by atoms with Crippen molar-refractivity contribution in [2.24, 2.45) is 5.10 Å². The van der Waals surface area contributed by atoms with Gasteiger partial charge in [0.1, 0.15) is 0 Å². The molecule has 2 amide bonds. The Labute approximate surface area is 130 Å². The molecule has 4 rings (SSSR count). The van der Waals surface area contributed by atoms with E-state index in [-0.39, 0.29) is 11.8 Å². The molecule has 3 aromatic rings. The topological polar surface area (TPSA) is 49.7 Å². The van der Waals surface area contributed by atoms with Gasteiger partial charge in [0.05, 0.1) is 17.3 Å². The summed E-state index contributed by atoms with van der Waals surface area (Å²) in [6.45, 7) is 0. The van der Waals surface area contributed by atoms with Crippen LogP contribution in [0.25, 0.3) is 10.8 Å². The molecule has 0 aliphatic carbocycles. The number of hydrogen-bond donors (Lipinski definition) is 0. The zero-order chi connectivity index (χ0) is 15.1. The Balaban J connectivity index is 1.85. The molecule has 2 heterocycles. The van der Waals surface area contributed by atoms with Crippen molar-refractivity contribution < 1.29 is 9.59 Å². The lowest BCUT2D eigenvalue weighted by Crippen LogP contribution is -2.36. The molecule has 0 spiro atoms. The van der Waals surface area contributed by atoms with Gasteiger partial charge in [-0.2, -0.15) is 21.4 Å². The minimum Gasteiger partial charge on any atom is -0.267 e. The van der Waals surface area contributed by atoms with Crippen molar-refractivity contribution in [2.45, 2.75) is 0 Å². The van der Waals surface area contributed by atoms with Crippen LogP contribution in [0.5, 0.6) is 0 Å². The number of hydrazone groups is 1. The molecule has 5 heteroatoms. The number of carbonyl (C=O) groups is 2. The number of rotatable bonds is 2. The van der Waals surface area contributed by atoms with Crippen LogP contribution < -0.4 is 0 Å². The van der Waals surface area contributed by atoms with Crippen molar-refractivity contribution >= 4 is 40.1 Å². The van der Waals surface area contributed by atoms with Gasteiger partial charge < -0.3 is 0 Å². The molecule has 0 N–H and O–H groups in total. The average Bonchev–Trinajstić information content (AvgIpc) is 3.06. The number of thiophene rings is 1. The Kier molecular flexibility index (Phi) is 2.87. The second-order valence-corrected chi connectivity index (χ2v) is 5.71. The SMILES string of the molecule is O=C1c2cccc3cccc(c23)C(=O)N1/N=C\c1ccsc1. The lowest BCUT2D eigenvalue weighted by atomic mass is 9.95. The van der Waals surface area contributed by atoms with Crippen molar-refractivity contribution in [2.75, 3.05) is 0 Å². The summed E-state index contributed by atoms with van der Waals surface area (Å²) in [7, 11) is 0. The van der Waals surface area contributed by atoms with Crippen LogP contribution in [0.15, 0.2) is 58.3 Å². The van der Waals surface area contributed by atoms with E-state index in [0.717, 1.165) is 16.0 Å². The third-order valence-electron chi connectivity index (χ3n) is 3.62. The molecule has 0 radical (unpaired) electrons. The van der Waals surface area contributed by atoms with Gasteiger partial charge in [-0.05, 0) is 34.3 Å². The summed E-state index contributed by atoms with van der Waals surface area (Å²) in [5, 5.41) is 10.4. The second kappa shape index (κ2) is 4.89. The van der Waals surface area contributed by atoms with Crippen molar-refractivity contribution in [3.8, 4) is 0 Å². The lowest BCUT2D eigenvalue weighted by molar-refractivity contribution is 0.0616.